The van der Waals surface area contributed by atoms with Crippen molar-refractivity contribution in [3.8, 4) is 0 Å². The summed E-state index contributed by atoms with van der Waals surface area (Å²) in [5.74, 6) is -0.636. The molecule has 0 atom stereocenters. The molecule has 0 fully saturated rings. The molecule has 2 rings (SSSR count). The quantitative estimate of drug-likeness (QED) is 0.725. The van der Waals surface area contributed by atoms with E-state index in [2.05, 4.69) is 10.3 Å². The number of aromatic amines is 1. The minimum absolute atomic E-state index is 0.145. The summed E-state index contributed by atoms with van der Waals surface area (Å²) in [7, 11) is 0. The number of hydrogen-bond donors (Lipinski definition) is 3. The average Bonchev–Trinajstić information content (AvgIpc) is 2.75. The summed E-state index contributed by atoms with van der Waals surface area (Å²) in [6.45, 7) is 0.255. The van der Waals surface area contributed by atoms with Crippen molar-refractivity contribution in [2.24, 2.45) is 5.73 Å². The molecule has 17 heavy (non-hydrogen) atoms. The third-order valence-corrected chi connectivity index (χ3v) is 2.49. The number of amides is 2. The van der Waals surface area contributed by atoms with Gasteiger partial charge in [0.2, 0.25) is 5.91 Å². The second kappa shape index (κ2) is 4.69. The van der Waals surface area contributed by atoms with Crippen LogP contribution in [0.5, 0.6) is 0 Å². The molecule has 0 aliphatic rings. The van der Waals surface area contributed by atoms with E-state index in [0.717, 1.165) is 10.9 Å². The highest BCUT2D eigenvalue weighted by Crippen LogP contribution is 2.16. The van der Waals surface area contributed by atoms with Gasteiger partial charge in [-0.3, -0.25) is 9.59 Å². The average molecular weight is 231 g/mol. The Balaban J connectivity index is 2.13. The molecule has 88 valence electrons. The van der Waals surface area contributed by atoms with Gasteiger partial charge in [0.15, 0.2) is 0 Å². The maximum atomic E-state index is 11.9. The summed E-state index contributed by atoms with van der Waals surface area (Å²) in [4.78, 5) is 25.4. The van der Waals surface area contributed by atoms with E-state index in [1.165, 1.54) is 0 Å². The fourth-order valence-electron chi connectivity index (χ4n) is 1.67. The number of aromatic nitrogens is 1. The highest BCUT2D eigenvalue weighted by atomic mass is 16.2. The number of primary amides is 1. The smallest absolute Gasteiger partial charge is 0.253 e. The molecule has 5 nitrogen and oxygen atoms in total. The van der Waals surface area contributed by atoms with E-state index in [-0.39, 0.29) is 18.9 Å². The van der Waals surface area contributed by atoms with Crippen LogP contribution in [-0.4, -0.2) is 23.3 Å². The molecule has 5 heteroatoms. The Bertz CT molecular complexity index is 560. The van der Waals surface area contributed by atoms with Gasteiger partial charge < -0.3 is 16.0 Å². The van der Waals surface area contributed by atoms with Crippen molar-refractivity contribution in [2.75, 3.05) is 6.54 Å². The lowest BCUT2D eigenvalue weighted by molar-refractivity contribution is -0.117. The monoisotopic (exact) mass is 231 g/mol. The normalized spacial score (nSPS) is 10.4. The summed E-state index contributed by atoms with van der Waals surface area (Å²) in [6.07, 6.45) is 1.93. The lowest BCUT2D eigenvalue weighted by Gasteiger charge is -2.04. The van der Waals surface area contributed by atoms with E-state index in [9.17, 15) is 9.59 Å². The van der Waals surface area contributed by atoms with Crippen molar-refractivity contribution in [3.05, 3.63) is 36.0 Å². The molecule has 0 aliphatic heterocycles. The van der Waals surface area contributed by atoms with Gasteiger partial charge in [-0.15, -0.1) is 0 Å². The minimum atomic E-state index is -0.427. The molecule has 2 amide bonds. The third kappa shape index (κ3) is 2.44. The van der Waals surface area contributed by atoms with Gasteiger partial charge in [0.1, 0.15) is 0 Å². The van der Waals surface area contributed by atoms with Crippen LogP contribution in [0.2, 0.25) is 0 Å². The number of para-hydroxylation sites is 1. The van der Waals surface area contributed by atoms with Crippen molar-refractivity contribution in [2.45, 2.75) is 6.42 Å². The van der Waals surface area contributed by atoms with Crippen molar-refractivity contribution in [1.82, 2.24) is 10.3 Å². The van der Waals surface area contributed by atoms with Crippen LogP contribution < -0.4 is 11.1 Å². The molecular weight excluding hydrogens is 218 g/mol. The topological polar surface area (TPSA) is 88.0 Å². The first-order valence-corrected chi connectivity index (χ1v) is 5.31. The van der Waals surface area contributed by atoms with Crippen LogP contribution in [0.3, 0.4) is 0 Å². The molecule has 0 unspecified atom stereocenters. The van der Waals surface area contributed by atoms with E-state index < -0.39 is 5.91 Å². The van der Waals surface area contributed by atoms with Gasteiger partial charge in [-0.05, 0) is 12.1 Å². The van der Waals surface area contributed by atoms with Crippen molar-refractivity contribution < 1.29 is 9.59 Å². The third-order valence-electron chi connectivity index (χ3n) is 2.49. The fourth-order valence-corrected chi connectivity index (χ4v) is 1.67. The molecule has 0 saturated carbocycles. The molecule has 4 N–H and O–H groups in total. The SMILES string of the molecule is NC(=O)CCNC(=O)c1cccc2cc[nH]c12. The Morgan fingerprint density at radius 3 is 2.88 bits per heavy atom. The molecule has 1 aromatic carbocycles. The van der Waals surface area contributed by atoms with E-state index in [4.69, 9.17) is 5.73 Å². The van der Waals surface area contributed by atoms with Crippen LogP contribution in [0.15, 0.2) is 30.5 Å². The number of fused-ring (bicyclic) bond motifs is 1. The van der Waals surface area contributed by atoms with Gasteiger partial charge in [0.05, 0.1) is 11.1 Å². The maximum Gasteiger partial charge on any atom is 0.253 e. The zero-order valence-corrected chi connectivity index (χ0v) is 9.19. The largest absolute Gasteiger partial charge is 0.370 e. The minimum Gasteiger partial charge on any atom is -0.370 e. The highest BCUT2D eigenvalue weighted by Gasteiger charge is 2.10. The van der Waals surface area contributed by atoms with E-state index in [1.807, 2.05) is 18.2 Å². The van der Waals surface area contributed by atoms with Crippen LogP contribution in [-0.2, 0) is 4.79 Å². The van der Waals surface area contributed by atoms with E-state index >= 15 is 0 Å². The molecule has 1 heterocycles. The van der Waals surface area contributed by atoms with Crippen molar-refractivity contribution >= 4 is 22.7 Å². The number of nitrogens with one attached hydrogen (secondary N) is 2. The summed E-state index contributed by atoms with van der Waals surface area (Å²) in [5.41, 5.74) is 6.36. The van der Waals surface area contributed by atoms with Gasteiger partial charge in [-0.2, -0.15) is 0 Å². The van der Waals surface area contributed by atoms with Crippen LogP contribution in [0.25, 0.3) is 10.9 Å². The number of benzene rings is 1. The summed E-state index contributed by atoms with van der Waals surface area (Å²) in [6, 6.07) is 7.37. The summed E-state index contributed by atoms with van der Waals surface area (Å²) >= 11 is 0. The van der Waals surface area contributed by atoms with E-state index in [0.29, 0.717) is 5.56 Å². The first-order chi connectivity index (χ1) is 8.18. The lowest BCUT2D eigenvalue weighted by atomic mass is 10.1. The number of H-pyrrole nitrogens is 1. The fraction of sp³-hybridized carbons (Fsp3) is 0.167. The molecule has 0 saturated heterocycles. The second-order valence-electron chi connectivity index (χ2n) is 3.72. The number of nitrogens with two attached hydrogens (primary N) is 1. The van der Waals surface area contributed by atoms with E-state index in [1.54, 1.807) is 12.3 Å². The van der Waals surface area contributed by atoms with Gasteiger partial charge in [0, 0.05) is 24.5 Å². The molecular formula is C12H13N3O2. The predicted octanol–water partition coefficient (Wildman–Crippen LogP) is 0.773. The van der Waals surface area contributed by atoms with Gasteiger partial charge >= 0.3 is 0 Å². The molecule has 2 aromatic rings. The zero-order valence-electron chi connectivity index (χ0n) is 9.19. The van der Waals surface area contributed by atoms with Crippen molar-refractivity contribution in [3.63, 3.8) is 0 Å². The maximum absolute atomic E-state index is 11.9. The predicted molar refractivity (Wildman–Crippen MR) is 64.4 cm³/mol. The lowest BCUT2D eigenvalue weighted by Crippen LogP contribution is -2.28. The van der Waals surface area contributed by atoms with Crippen molar-refractivity contribution in [1.29, 1.82) is 0 Å². The molecule has 0 bridgehead atoms. The molecule has 1 aromatic heterocycles. The van der Waals surface area contributed by atoms with Gasteiger partial charge in [0.25, 0.3) is 5.91 Å². The number of carbonyl (C=O) groups is 2. The first kappa shape index (κ1) is 11.2. The second-order valence-corrected chi connectivity index (χ2v) is 3.72. The number of carbonyl (C=O) groups excluding carboxylic acids is 2. The molecule has 0 radical (unpaired) electrons. The Morgan fingerprint density at radius 2 is 2.12 bits per heavy atom. The highest BCUT2D eigenvalue weighted by molar-refractivity contribution is 6.05. The Hall–Kier alpha value is -2.30. The van der Waals surface area contributed by atoms with Gasteiger partial charge in [-0.25, -0.2) is 0 Å². The Labute approximate surface area is 98.0 Å². The van der Waals surface area contributed by atoms with Crippen LogP contribution >= 0.6 is 0 Å². The summed E-state index contributed by atoms with van der Waals surface area (Å²) < 4.78 is 0. The number of hydrogen-bond acceptors (Lipinski definition) is 2. The Kier molecular flexibility index (Phi) is 3.09. The van der Waals surface area contributed by atoms with Crippen LogP contribution in [0, 0.1) is 0 Å². The number of rotatable bonds is 4. The summed E-state index contributed by atoms with van der Waals surface area (Å²) in [5, 5.41) is 3.63. The zero-order chi connectivity index (χ0) is 12.3. The van der Waals surface area contributed by atoms with Crippen LogP contribution in [0.4, 0.5) is 0 Å². The van der Waals surface area contributed by atoms with Crippen LogP contribution in [0.1, 0.15) is 16.8 Å². The molecule has 0 spiro atoms. The Morgan fingerprint density at radius 1 is 1.29 bits per heavy atom. The van der Waals surface area contributed by atoms with Gasteiger partial charge in [-0.1, -0.05) is 12.1 Å². The standard InChI is InChI=1S/C12H13N3O2/c13-10(16)5-7-15-12(17)9-3-1-2-8-4-6-14-11(8)9/h1-4,6,14H,5,7H2,(H2,13,16)(H,15,17). The first-order valence-electron chi connectivity index (χ1n) is 5.31. The molecule has 0 aliphatic carbocycles.